The average Bonchev–Trinajstić information content (AvgIpc) is 3.11. The van der Waals surface area contributed by atoms with Gasteiger partial charge < -0.3 is 24.8 Å². The molecule has 7 nitrogen and oxygen atoms in total. The van der Waals surface area contributed by atoms with Crippen molar-refractivity contribution < 1.29 is 37.0 Å². The van der Waals surface area contributed by atoms with Gasteiger partial charge in [-0.25, -0.2) is 4.39 Å². The molecular weight excluding hydrogens is 477 g/mol. The molecule has 0 radical (unpaired) electrons. The van der Waals surface area contributed by atoms with E-state index >= 15 is 0 Å². The van der Waals surface area contributed by atoms with Crippen LogP contribution in [0.4, 0.5) is 13.2 Å². The lowest BCUT2D eigenvalue weighted by Gasteiger charge is -2.28. The minimum Gasteiger partial charge on any atom is -0.484 e. The third-order valence-corrected chi connectivity index (χ3v) is 5.96. The van der Waals surface area contributed by atoms with Crippen molar-refractivity contribution in [2.24, 2.45) is 5.92 Å². The Bertz CT molecular complexity index is 1080. The average molecular weight is 499 g/mol. The van der Waals surface area contributed by atoms with Crippen LogP contribution < -0.4 is 24.8 Å². The number of halogens is 4. The van der Waals surface area contributed by atoms with Crippen LogP contribution in [0.5, 0.6) is 17.2 Å². The second-order valence-corrected chi connectivity index (χ2v) is 8.55. The molecular formula is C23H22ClF3N2O5. The van der Waals surface area contributed by atoms with Gasteiger partial charge in [-0.15, -0.1) is 8.78 Å². The molecule has 0 bridgehead atoms. The number of benzene rings is 2. The van der Waals surface area contributed by atoms with Gasteiger partial charge >= 0.3 is 6.29 Å². The first kappa shape index (κ1) is 24.0. The molecule has 2 aromatic carbocycles. The Kier molecular flexibility index (Phi) is 7.06. The molecule has 0 aromatic heterocycles. The van der Waals surface area contributed by atoms with Gasteiger partial charge in [-0.2, -0.15) is 0 Å². The Morgan fingerprint density at radius 3 is 2.53 bits per heavy atom. The Labute approximate surface area is 198 Å². The fourth-order valence-corrected chi connectivity index (χ4v) is 4.04. The number of carbonyl (C=O) groups is 2. The molecule has 0 atom stereocenters. The van der Waals surface area contributed by atoms with Crippen molar-refractivity contribution in [1.29, 1.82) is 0 Å². The first-order valence-electron chi connectivity index (χ1n) is 10.7. The van der Waals surface area contributed by atoms with Gasteiger partial charge in [-0.3, -0.25) is 9.59 Å². The molecule has 2 N–H and O–H groups in total. The third kappa shape index (κ3) is 6.05. The van der Waals surface area contributed by atoms with Gasteiger partial charge in [0, 0.05) is 24.6 Å². The molecule has 0 saturated heterocycles. The van der Waals surface area contributed by atoms with E-state index in [0.717, 1.165) is 6.07 Å². The summed E-state index contributed by atoms with van der Waals surface area (Å²) < 4.78 is 53.7. The van der Waals surface area contributed by atoms with Crippen LogP contribution in [0.25, 0.3) is 0 Å². The topological polar surface area (TPSA) is 85.9 Å². The summed E-state index contributed by atoms with van der Waals surface area (Å²) in [4.78, 5) is 24.6. The van der Waals surface area contributed by atoms with E-state index in [-0.39, 0.29) is 59.2 Å². The predicted octanol–water partition coefficient (Wildman–Crippen LogP) is 4.17. The zero-order valence-corrected chi connectivity index (χ0v) is 18.7. The maximum atomic E-state index is 13.4. The van der Waals surface area contributed by atoms with Crippen molar-refractivity contribution in [1.82, 2.24) is 10.6 Å². The van der Waals surface area contributed by atoms with Crippen molar-refractivity contribution >= 4 is 23.4 Å². The van der Waals surface area contributed by atoms with Gasteiger partial charge in [-0.1, -0.05) is 17.7 Å². The van der Waals surface area contributed by atoms with Crippen molar-refractivity contribution in [3.63, 3.8) is 0 Å². The second kappa shape index (κ2) is 10.0. The largest absolute Gasteiger partial charge is 0.586 e. The van der Waals surface area contributed by atoms with E-state index in [1.807, 2.05) is 0 Å². The van der Waals surface area contributed by atoms with E-state index in [2.05, 4.69) is 20.1 Å². The lowest BCUT2D eigenvalue weighted by atomic mass is 9.85. The molecule has 34 heavy (non-hydrogen) atoms. The summed E-state index contributed by atoms with van der Waals surface area (Å²) in [5, 5.41) is 5.64. The molecule has 1 aliphatic carbocycles. The fraction of sp³-hybridized carbons (Fsp3) is 0.391. The van der Waals surface area contributed by atoms with Gasteiger partial charge in [0.15, 0.2) is 18.1 Å². The summed E-state index contributed by atoms with van der Waals surface area (Å²) in [6.45, 7) is -0.0940. The van der Waals surface area contributed by atoms with Gasteiger partial charge in [0.25, 0.3) is 5.91 Å². The molecule has 2 aromatic rings. The first-order chi connectivity index (χ1) is 16.2. The van der Waals surface area contributed by atoms with Gasteiger partial charge in [0.2, 0.25) is 5.91 Å². The summed E-state index contributed by atoms with van der Waals surface area (Å²) >= 11 is 5.61. The Hall–Kier alpha value is -3.14. The monoisotopic (exact) mass is 498 g/mol. The highest BCUT2D eigenvalue weighted by atomic mass is 35.5. The highest BCUT2D eigenvalue weighted by Gasteiger charge is 2.43. The minimum atomic E-state index is -3.68. The Morgan fingerprint density at radius 1 is 1.06 bits per heavy atom. The summed E-state index contributed by atoms with van der Waals surface area (Å²) in [7, 11) is 0. The molecule has 1 saturated carbocycles. The molecule has 1 fully saturated rings. The number of alkyl halides is 2. The van der Waals surface area contributed by atoms with Crippen LogP contribution in [0.15, 0.2) is 36.4 Å². The Balaban J connectivity index is 1.17. The maximum Gasteiger partial charge on any atom is 0.586 e. The number of hydrogen-bond acceptors (Lipinski definition) is 5. The smallest absolute Gasteiger partial charge is 0.484 e. The molecule has 0 unspecified atom stereocenters. The second-order valence-electron chi connectivity index (χ2n) is 8.15. The van der Waals surface area contributed by atoms with E-state index in [1.54, 1.807) is 6.07 Å². The van der Waals surface area contributed by atoms with Gasteiger partial charge in [0.1, 0.15) is 11.6 Å². The van der Waals surface area contributed by atoms with Crippen LogP contribution in [-0.4, -0.2) is 30.8 Å². The zero-order chi connectivity index (χ0) is 24.3. The van der Waals surface area contributed by atoms with Crippen molar-refractivity contribution in [2.45, 2.75) is 44.6 Å². The first-order valence-corrected chi connectivity index (χ1v) is 11.1. The van der Waals surface area contributed by atoms with Crippen LogP contribution in [0.2, 0.25) is 5.02 Å². The fourth-order valence-electron chi connectivity index (χ4n) is 3.92. The standard InChI is InChI=1S/C23H22ClF3N2O5/c24-17-7-6-16(10-18(17)25)32-12-21(30)29-15-4-2-14(3-5-15)22(31)28-11-13-1-8-19-20(9-13)34-23(26,27)33-19/h1,6-10,14-15H,2-5,11-12H2,(H,28,31)(H,29,30)/t14-,15-. The number of hydrogen-bond donors (Lipinski definition) is 2. The molecule has 1 aliphatic heterocycles. The Morgan fingerprint density at radius 2 is 1.79 bits per heavy atom. The molecule has 4 rings (SSSR count). The normalized spacial score (nSPS) is 20.5. The van der Waals surface area contributed by atoms with Gasteiger partial charge in [0.05, 0.1) is 5.02 Å². The molecule has 2 amide bonds. The summed E-state index contributed by atoms with van der Waals surface area (Å²) in [6.07, 6.45) is -1.25. The maximum absolute atomic E-state index is 13.4. The van der Waals surface area contributed by atoms with Crippen LogP contribution in [0.3, 0.4) is 0 Å². The summed E-state index contributed by atoms with van der Waals surface area (Å²) in [5.74, 6) is -1.23. The number of fused-ring (bicyclic) bond motifs is 1. The van der Waals surface area contributed by atoms with Crippen molar-refractivity contribution in [3.8, 4) is 17.2 Å². The van der Waals surface area contributed by atoms with Crippen LogP contribution in [-0.2, 0) is 16.1 Å². The van der Waals surface area contributed by atoms with Crippen molar-refractivity contribution in [2.75, 3.05) is 6.61 Å². The molecule has 11 heteroatoms. The number of nitrogens with one attached hydrogen (secondary N) is 2. The van der Waals surface area contributed by atoms with Crippen molar-refractivity contribution in [3.05, 3.63) is 52.8 Å². The summed E-state index contributed by atoms with van der Waals surface area (Å²) in [6, 6.07) is 8.21. The highest BCUT2D eigenvalue weighted by Crippen LogP contribution is 2.41. The lowest BCUT2D eigenvalue weighted by Crippen LogP contribution is -2.42. The van der Waals surface area contributed by atoms with E-state index in [4.69, 9.17) is 16.3 Å². The third-order valence-electron chi connectivity index (χ3n) is 5.66. The van der Waals surface area contributed by atoms with E-state index in [1.165, 1.54) is 24.3 Å². The van der Waals surface area contributed by atoms with Crippen LogP contribution >= 0.6 is 11.6 Å². The van der Waals surface area contributed by atoms with Crippen LogP contribution in [0, 0.1) is 11.7 Å². The minimum absolute atomic E-state index is 0.0295. The van der Waals surface area contributed by atoms with Gasteiger partial charge in [-0.05, 0) is 55.5 Å². The highest BCUT2D eigenvalue weighted by molar-refractivity contribution is 6.30. The number of carbonyl (C=O) groups excluding carboxylic acids is 2. The van der Waals surface area contributed by atoms with Crippen LogP contribution in [0.1, 0.15) is 31.2 Å². The quantitative estimate of drug-likeness (QED) is 0.598. The molecule has 2 aliphatic rings. The molecule has 1 heterocycles. The zero-order valence-electron chi connectivity index (χ0n) is 17.9. The number of amides is 2. The summed E-state index contributed by atoms with van der Waals surface area (Å²) in [5.41, 5.74) is 0.606. The van der Waals surface area contributed by atoms with E-state index < -0.39 is 12.1 Å². The number of rotatable bonds is 7. The lowest BCUT2D eigenvalue weighted by molar-refractivity contribution is -0.286. The van der Waals surface area contributed by atoms with E-state index in [9.17, 15) is 22.8 Å². The SMILES string of the molecule is O=C(COc1ccc(Cl)c(F)c1)N[C@H]1CC[C@H](C(=O)NCc2ccc3c(c2)OC(F)(F)O3)CC1. The molecule has 182 valence electrons. The predicted molar refractivity (Wildman–Crippen MR) is 115 cm³/mol. The van der Waals surface area contributed by atoms with E-state index in [0.29, 0.717) is 31.2 Å². The number of ether oxygens (including phenoxy) is 3. The molecule has 0 spiro atoms.